The Kier molecular flexibility index (Phi) is 8.27. The van der Waals surface area contributed by atoms with Crippen molar-refractivity contribution < 1.29 is 33.5 Å². The van der Waals surface area contributed by atoms with Gasteiger partial charge in [0.25, 0.3) is 0 Å². The molecule has 0 spiro atoms. The molecule has 0 aromatic heterocycles. The minimum absolute atomic E-state index is 0.0175. The third-order valence-corrected chi connectivity index (χ3v) is 7.90. The molecule has 10 heteroatoms. The van der Waals surface area contributed by atoms with Crippen LogP contribution in [0.1, 0.15) is 64.2 Å². The molecule has 0 radical (unpaired) electrons. The van der Waals surface area contributed by atoms with E-state index in [0.29, 0.717) is 0 Å². The molecule has 0 aromatic carbocycles. The van der Waals surface area contributed by atoms with Crippen molar-refractivity contribution in [1.29, 1.82) is 0 Å². The summed E-state index contributed by atoms with van der Waals surface area (Å²) >= 11 is 0. The lowest BCUT2D eigenvalue weighted by Crippen LogP contribution is -2.59. The second-order valence-corrected chi connectivity index (χ2v) is 10.1. The number of halogens is 1. The minimum atomic E-state index is -3.65. The van der Waals surface area contributed by atoms with E-state index in [1.165, 1.54) is 0 Å². The average molecular weight is 424 g/mol. The Labute approximate surface area is 165 Å². The van der Waals surface area contributed by atoms with Crippen LogP contribution in [-0.2, 0) is 13.8 Å². The second kappa shape index (κ2) is 10.3. The van der Waals surface area contributed by atoms with E-state index < -0.39 is 45.1 Å². The topological polar surface area (TPSA) is 120 Å². The molecule has 5 atom stereocenters. The van der Waals surface area contributed by atoms with Crippen LogP contribution >= 0.6 is 7.67 Å². The molecular weight excluding hydrogens is 390 g/mol. The first kappa shape index (κ1) is 22.6. The van der Waals surface area contributed by atoms with Crippen LogP contribution in [0.25, 0.3) is 0 Å². The number of hydrogen-bond acceptors (Lipinski definition) is 6. The van der Waals surface area contributed by atoms with Gasteiger partial charge < -0.3 is 20.1 Å². The molecule has 1 heterocycles. The van der Waals surface area contributed by atoms with E-state index >= 15 is 0 Å². The van der Waals surface area contributed by atoms with Gasteiger partial charge in [-0.2, -0.15) is 0 Å². The Bertz CT molecular complexity index is 506. The molecule has 3 fully saturated rings. The van der Waals surface area contributed by atoms with Crippen LogP contribution in [0.15, 0.2) is 0 Å². The summed E-state index contributed by atoms with van der Waals surface area (Å²) in [6.07, 6.45) is 2.26. The van der Waals surface area contributed by atoms with Crippen LogP contribution in [0.3, 0.4) is 0 Å². The Hall–Kier alpha value is -0.120. The highest BCUT2D eigenvalue weighted by Crippen LogP contribution is 2.45. The maximum absolute atomic E-state index is 13.7. The Morgan fingerprint density at radius 2 is 1.36 bits per heavy atom. The van der Waals surface area contributed by atoms with Crippen molar-refractivity contribution in [3.63, 3.8) is 0 Å². The highest BCUT2D eigenvalue weighted by atomic mass is 31.2. The van der Waals surface area contributed by atoms with Crippen molar-refractivity contribution in [3.8, 4) is 0 Å². The van der Waals surface area contributed by atoms with Crippen molar-refractivity contribution in [2.45, 2.75) is 107 Å². The molecule has 2 saturated carbocycles. The summed E-state index contributed by atoms with van der Waals surface area (Å²) in [5.41, 5.74) is 0. The number of aliphatic hydroxyl groups excluding tert-OH is 3. The van der Waals surface area contributed by atoms with Gasteiger partial charge in [-0.05, 0) is 25.7 Å². The van der Waals surface area contributed by atoms with Crippen molar-refractivity contribution in [2.75, 3.05) is 6.67 Å². The summed E-state index contributed by atoms with van der Waals surface area (Å²) in [4.78, 5) is 0. The maximum atomic E-state index is 13.7. The zero-order valence-corrected chi connectivity index (χ0v) is 17.1. The van der Waals surface area contributed by atoms with E-state index in [4.69, 9.17) is 9.26 Å². The van der Waals surface area contributed by atoms with Gasteiger partial charge in [0.05, 0.1) is 0 Å². The van der Waals surface area contributed by atoms with Crippen molar-refractivity contribution in [1.82, 2.24) is 10.2 Å². The zero-order valence-electron chi connectivity index (χ0n) is 16.2. The fourth-order valence-corrected chi connectivity index (χ4v) is 6.46. The lowest BCUT2D eigenvalue weighted by atomic mass is 9.96. The van der Waals surface area contributed by atoms with E-state index in [1.54, 1.807) is 0 Å². The van der Waals surface area contributed by atoms with Crippen LogP contribution in [0.2, 0.25) is 0 Å². The molecular formula is C18H34FN2O6P. The smallest absolute Gasteiger partial charge is 0.343 e. The van der Waals surface area contributed by atoms with E-state index in [2.05, 4.69) is 10.2 Å². The predicted octanol–water partition coefficient (Wildman–Crippen LogP) is 1.73. The SMILES string of the molecule is O=P(NC1CCCCC1)(NC1CCCCC1)OC1O[C@@H](CF)[C@@H](O)[C@@H](O)[C@@H]1O. The molecule has 28 heavy (non-hydrogen) atoms. The Balaban J connectivity index is 1.72. The van der Waals surface area contributed by atoms with Gasteiger partial charge >= 0.3 is 7.67 Å². The van der Waals surface area contributed by atoms with E-state index in [9.17, 15) is 24.3 Å². The van der Waals surface area contributed by atoms with Crippen LogP contribution in [0.5, 0.6) is 0 Å². The summed E-state index contributed by atoms with van der Waals surface area (Å²) in [6, 6.07) is 0.0350. The summed E-state index contributed by atoms with van der Waals surface area (Å²) in [6.45, 7) is -1.05. The van der Waals surface area contributed by atoms with Crippen molar-refractivity contribution >= 4 is 7.67 Å². The molecule has 0 bridgehead atoms. The molecule has 1 unspecified atom stereocenters. The van der Waals surface area contributed by atoms with Gasteiger partial charge in [0.15, 0.2) is 6.29 Å². The molecule has 1 saturated heterocycles. The predicted molar refractivity (Wildman–Crippen MR) is 101 cm³/mol. The van der Waals surface area contributed by atoms with Gasteiger partial charge in [0.2, 0.25) is 0 Å². The third kappa shape index (κ3) is 5.73. The van der Waals surface area contributed by atoms with Crippen LogP contribution < -0.4 is 10.2 Å². The summed E-state index contributed by atoms with van der Waals surface area (Å²) < 4.78 is 37.8. The van der Waals surface area contributed by atoms with Gasteiger partial charge in [-0.15, -0.1) is 0 Å². The normalized spacial score (nSPS) is 36.5. The standard InChI is InChI=1S/C18H34FN2O6P/c19-11-14-15(22)16(23)17(24)18(26-14)27-28(25,20-12-7-3-1-4-8-12)21-13-9-5-2-6-10-13/h12-18,22-24H,1-11H2,(H2,20,21,25)/t14-,15+,16+,17-,18?/m0/s1. The first-order valence-corrected chi connectivity index (χ1v) is 12.1. The largest absolute Gasteiger partial charge is 0.387 e. The minimum Gasteiger partial charge on any atom is -0.387 e. The second-order valence-electron chi connectivity index (χ2n) is 8.25. The zero-order chi connectivity index (χ0) is 20.1. The van der Waals surface area contributed by atoms with Crippen molar-refractivity contribution in [2.24, 2.45) is 0 Å². The third-order valence-electron chi connectivity index (χ3n) is 5.99. The van der Waals surface area contributed by atoms with Gasteiger partial charge in [0.1, 0.15) is 31.1 Å². The van der Waals surface area contributed by atoms with Gasteiger partial charge in [-0.1, -0.05) is 38.5 Å². The number of rotatable bonds is 7. The van der Waals surface area contributed by atoms with Crippen LogP contribution in [0.4, 0.5) is 4.39 Å². The van der Waals surface area contributed by atoms with E-state index in [0.717, 1.165) is 64.2 Å². The van der Waals surface area contributed by atoms with Gasteiger partial charge in [0, 0.05) is 12.1 Å². The van der Waals surface area contributed by atoms with E-state index in [-0.39, 0.29) is 12.1 Å². The monoisotopic (exact) mass is 424 g/mol. The summed E-state index contributed by atoms with van der Waals surface area (Å²) in [5.74, 6) is 0. The molecule has 164 valence electrons. The molecule has 0 aromatic rings. The summed E-state index contributed by atoms with van der Waals surface area (Å²) in [7, 11) is -3.65. The summed E-state index contributed by atoms with van der Waals surface area (Å²) in [5, 5.41) is 36.3. The highest BCUT2D eigenvalue weighted by Gasteiger charge is 2.47. The molecule has 5 N–H and O–H groups in total. The lowest BCUT2D eigenvalue weighted by molar-refractivity contribution is -0.274. The van der Waals surface area contributed by atoms with Crippen LogP contribution in [0, 0.1) is 0 Å². The molecule has 3 rings (SSSR count). The highest BCUT2D eigenvalue weighted by molar-refractivity contribution is 7.54. The number of nitrogens with one attached hydrogen (secondary N) is 2. The fraction of sp³-hybridized carbons (Fsp3) is 1.00. The number of hydrogen-bond donors (Lipinski definition) is 5. The number of aliphatic hydroxyl groups is 3. The quantitative estimate of drug-likeness (QED) is 0.392. The Morgan fingerprint density at radius 1 is 0.857 bits per heavy atom. The fourth-order valence-electron chi connectivity index (χ4n) is 4.32. The molecule has 1 aliphatic heterocycles. The first-order chi connectivity index (χ1) is 13.4. The molecule has 2 aliphatic carbocycles. The van der Waals surface area contributed by atoms with Gasteiger partial charge in [-0.3, -0.25) is 9.09 Å². The number of alkyl halides is 1. The first-order valence-electron chi connectivity index (χ1n) is 10.5. The Morgan fingerprint density at radius 3 is 1.82 bits per heavy atom. The molecule has 8 nitrogen and oxygen atoms in total. The maximum Gasteiger partial charge on any atom is 0.343 e. The molecule has 0 amide bonds. The molecule has 3 aliphatic rings. The number of ether oxygens (including phenoxy) is 1. The average Bonchev–Trinajstić information content (AvgIpc) is 2.70. The lowest BCUT2D eigenvalue weighted by Gasteiger charge is -2.41. The van der Waals surface area contributed by atoms with Gasteiger partial charge in [-0.25, -0.2) is 14.6 Å². The van der Waals surface area contributed by atoms with Crippen molar-refractivity contribution in [3.05, 3.63) is 0 Å². The van der Waals surface area contributed by atoms with E-state index in [1.807, 2.05) is 0 Å². The van der Waals surface area contributed by atoms with Crippen LogP contribution in [-0.4, -0.2) is 64.8 Å².